The summed E-state index contributed by atoms with van der Waals surface area (Å²) < 4.78 is 5.38. The van der Waals surface area contributed by atoms with E-state index < -0.39 is 0 Å². The fourth-order valence-corrected chi connectivity index (χ4v) is 2.67. The summed E-state index contributed by atoms with van der Waals surface area (Å²) in [6.45, 7) is 5.97. The van der Waals surface area contributed by atoms with Crippen LogP contribution in [0.4, 0.5) is 0 Å². The zero-order valence-electron chi connectivity index (χ0n) is 14.9. The topological polar surface area (TPSA) is 60.5 Å². The lowest BCUT2D eigenvalue weighted by atomic mass is 10.2. The molecule has 0 atom stereocenters. The van der Waals surface area contributed by atoms with E-state index in [1.165, 1.54) is 0 Å². The number of nitrogens with zero attached hydrogens (tertiary/aromatic N) is 3. The van der Waals surface area contributed by atoms with Crippen molar-refractivity contribution in [1.82, 2.24) is 9.80 Å². The van der Waals surface area contributed by atoms with Gasteiger partial charge in [-0.2, -0.15) is 5.26 Å². The van der Waals surface area contributed by atoms with Gasteiger partial charge in [-0.3, -0.25) is 9.69 Å². The number of hydrogen-bond donors (Lipinski definition) is 0. The molecule has 0 bridgehead atoms. The van der Waals surface area contributed by atoms with Gasteiger partial charge in [0.15, 0.2) is 0 Å². The Morgan fingerprint density at radius 1 is 1.16 bits per heavy atom. The molecule has 0 aliphatic heterocycles. The molecular formula is C20H25N3O2. The summed E-state index contributed by atoms with van der Waals surface area (Å²) in [5, 5.41) is 8.87. The summed E-state index contributed by atoms with van der Waals surface area (Å²) in [6.07, 6.45) is 2.00. The van der Waals surface area contributed by atoms with Crippen molar-refractivity contribution in [2.75, 3.05) is 13.1 Å². The molecule has 1 heterocycles. The molecule has 1 aromatic carbocycles. The van der Waals surface area contributed by atoms with Gasteiger partial charge in [-0.05, 0) is 31.5 Å². The maximum Gasteiger partial charge on any atom is 0.237 e. The van der Waals surface area contributed by atoms with Crippen LogP contribution >= 0.6 is 0 Å². The molecule has 132 valence electrons. The minimum Gasteiger partial charge on any atom is -0.468 e. The summed E-state index contributed by atoms with van der Waals surface area (Å²) in [7, 11) is 0. The number of carbonyl (C=O) groups excluding carboxylic acids is 1. The molecule has 1 aromatic heterocycles. The lowest BCUT2D eigenvalue weighted by Crippen LogP contribution is -2.43. The first-order valence-electron chi connectivity index (χ1n) is 8.55. The van der Waals surface area contributed by atoms with Crippen molar-refractivity contribution in [3.05, 3.63) is 60.1 Å². The number of hydrogen-bond acceptors (Lipinski definition) is 4. The molecule has 0 N–H and O–H groups in total. The van der Waals surface area contributed by atoms with Crippen LogP contribution in [0.2, 0.25) is 0 Å². The summed E-state index contributed by atoms with van der Waals surface area (Å²) in [5.41, 5.74) is 1.11. The Morgan fingerprint density at radius 3 is 2.52 bits per heavy atom. The van der Waals surface area contributed by atoms with Gasteiger partial charge in [0.05, 0.1) is 25.4 Å². The molecule has 0 saturated heterocycles. The lowest BCUT2D eigenvalue weighted by Gasteiger charge is -2.30. The zero-order chi connectivity index (χ0) is 18.1. The van der Waals surface area contributed by atoms with Crippen LogP contribution < -0.4 is 0 Å². The Morgan fingerprint density at radius 2 is 1.92 bits per heavy atom. The van der Waals surface area contributed by atoms with Gasteiger partial charge in [0, 0.05) is 25.6 Å². The summed E-state index contributed by atoms with van der Waals surface area (Å²) >= 11 is 0. The van der Waals surface area contributed by atoms with Crippen LogP contribution in [0.5, 0.6) is 0 Å². The SMILES string of the molecule is CC(C)N(Cc1ccccc1)C(=O)CN(CCC#N)Cc1ccco1. The number of nitriles is 1. The summed E-state index contributed by atoms with van der Waals surface area (Å²) in [4.78, 5) is 16.7. The van der Waals surface area contributed by atoms with Crippen LogP contribution in [0.15, 0.2) is 53.1 Å². The van der Waals surface area contributed by atoms with Gasteiger partial charge < -0.3 is 9.32 Å². The van der Waals surface area contributed by atoms with E-state index >= 15 is 0 Å². The number of rotatable bonds is 9. The minimum atomic E-state index is 0.0587. The Balaban J connectivity index is 2.03. The van der Waals surface area contributed by atoms with Gasteiger partial charge in [-0.15, -0.1) is 0 Å². The van der Waals surface area contributed by atoms with E-state index in [-0.39, 0.29) is 18.5 Å². The van der Waals surface area contributed by atoms with E-state index in [1.54, 1.807) is 6.26 Å². The fraction of sp³-hybridized carbons (Fsp3) is 0.400. The third-order valence-electron chi connectivity index (χ3n) is 4.00. The predicted octanol–water partition coefficient (Wildman–Crippen LogP) is 3.43. The van der Waals surface area contributed by atoms with Crippen molar-refractivity contribution in [2.45, 2.75) is 39.4 Å². The first-order chi connectivity index (χ1) is 12.1. The maximum absolute atomic E-state index is 12.9. The molecule has 0 aliphatic carbocycles. The highest BCUT2D eigenvalue weighted by atomic mass is 16.3. The highest BCUT2D eigenvalue weighted by Crippen LogP contribution is 2.11. The van der Waals surface area contributed by atoms with Gasteiger partial charge in [-0.1, -0.05) is 30.3 Å². The van der Waals surface area contributed by atoms with Gasteiger partial charge in [0.1, 0.15) is 5.76 Å². The average molecular weight is 339 g/mol. The Hall–Kier alpha value is -2.58. The lowest BCUT2D eigenvalue weighted by molar-refractivity contribution is -0.135. The van der Waals surface area contributed by atoms with Crippen molar-refractivity contribution in [1.29, 1.82) is 5.26 Å². The molecule has 5 heteroatoms. The highest BCUT2D eigenvalue weighted by molar-refractivity contribution is 5.78. The molecule has 0 spiro atoms. The van der Waals surface area contributed by atoms with Crippen molar-refractivity contribution >= 4 is 5.91 Å². The molecule has 0 saturated carbocycles. The van der Waals surface area contributed by atoms with Crippen molar-refractivity contribution in [3.8, 4) is 6.07 Å². The molecule has 1 amide bonds. The second-order valence-electron chi connectivity index (χ2n) is 6.30. The average Bonchev–Trinajstić information content (AvgIpc) is 3.11. The first-order valence-corrected chi connectivity index (χ1v) is 8.55. The Labute approximate surface area is 149 Å². The van der Waals surface area contributed by atoms with E-state index in [1.807, 2.05) is 66.1 Å². The quantitative estimate of drug-likeness (QED) is 0.702. The molecule has 25 heavy (non-hydrogen) atoms. The van der Waals surface area contributed by atoms with Gasteiger partial charge in [0.2, 0.25) is 5.91 Å². The normalized spacial score (nSPS) is 10.8. The second kappa shape index (κ2) is 9.65. The van der Waals surface area contributed by atoms with Crippen LogP contribution in [0.3, 0.4) is 0 Å². The molecule has 0 radical (unpaired) electrons. The number of carbonyl (C=O) groups is 1. The summed E-state index contributed by atoms with van der Waals surface area (Å²) in [6, 6.07) is 15.9. The van der Waals surface area contributed by atoms with Gasteiger partial charge in [0.25, 0.3) is 0 Å². The number of benzene rings is 1. The predicted molar refractivity (Wildman–Crippen MR) is 96.3 cm³/mol. The van der Waals surface area contributed by atoms with Gasteiger partial charge in [-0.25, -0.2) is 0 Å². The van der Waals surface area contributed by atoms with Crippen LogP contribution in [-0.2, 0) is 17.9 Å². The zero-order valence-corrected chi connectivity index (χ0v) is 14.9. The smallest absolute Gasteiger partial charge is 0.237 e. The van der Waals surface area contributed by atoms with E-state index in [4.69, 9.17) is 9.68 Å². The number of amides is 1. The van der Waals surface area contributed by atoms with Crippen molar-refractivity contribution < 1.29 is 9.21 Å². The largest absolute Gasteiger partial charge is 0.468 e. The Bertz CT molecular complexity index is 675. The number of furan rings is 1. The third kappa shape index (κ3) is 6.09. The van der Waals surface area contributed by atoms with E-state index in [0.29, 0.717) is 26.1 Å². The third-order valence-corrected chi connectivity index (χ3v) is 4.00. The van der Waals surface area contributed by atoms with Crippen molar-refractivity contribution in [2.24, 2.45) is 0 Å². The van der Waals surface area contributed by atoms with Crippen LogP contribution in [-0.4, -0.2) is 34.8 Å². The van der Waals surface area contributed by atoms with Crippen molar-refractivity contribution in [3.63, 3.8) is 0 Å². The molecule has 2 aromatic rings. The molecular weight excluding hydrogens is 314 g/mol. The monoisotopic (exact) mass is 339 g/mol. The molecule has 0 fully saturated rings. The second-order valence-corrected chi connectivity index (χ2v) is 6.30. The molecule has 5 nitrogen and oxygen atoms in total. The van der Waals surface area contributed by atoms with Crippen LogP contribution in [0, 0.1) is 11.3 Å². The molecule has 2 rings (SSSR count). The van der Waals surface area contributed by atoms with Crippen LogP contribution in [0.1, 0.15) is 31.6 Å². The van der Waals surface area contributed by atoms with Gasteiger partial charge >= 0.3 is 0 Å². The maximum atomic E-state index is 12.9. The summed E-state index contributed by atoms with van der Waals surface area (Å²) in [5.74, 6) is 0.855. The Kier molecular flexibility index (Phi) is 7.24. The van der Waals surface area contributed by atoms with Crippen LogP contribution in [0.25, 0.3) is 0 Å². The molecule has 0 aliphatic rings. The minimum absolute atomic E-state index is 0.0587. The van der Waals surface area contributed by atoms with E-state index in [0.717, 1.165) is 11.3 Å². The first kappa shape index (κ1) is 18.8. The van der Waals surface area contributed by atoms with E-state index in [2.05, 4.69) is 6.07 Å². The standard InChI is InChI=1S/C20H25N3O2/c1-17(2)23(14-18-8-4-3-5-9-18)20(24)16-22(12-7-11-21)15-19-10-6-13-25-19/h3-6,8-10,13,17H,7,12,14-16H2,1-2H3. The molecule has 0 unspecified atom stereocenters. The fourth-order valence-electron chi connectivity index (χ4n) is 2.67. The van der Waals surface area contributed by atoms with E-state index in [9.17, 15) is 4.79 Å². The highest BCUT2D eigenvalue weighted by Gasteiger charge is 2.20.